The van der Waals surface area contributed by atoms with Crippen LogP contribution in [0.1, 0.15) is 81.5 Å². The van der Waals surface area contributed by atoms with E-state index in [2.05, 4.69) is 33.6 Å². The second-order valence-corrected chi connectivity index (χ2v) is 14.6. The van der Waals surface area contributed by atoms with Crippen molar-refractivity contribution in [1.29, 1.82) is 0 Å². The van der Waals surface area contributed by atoms with Crippen LogP contribution < -0.4 is 16.0 Å². The number of aliphatic carboxylic acids is 2. The first-order chi connectivity index (χ1) is 21.8. The number of rotatable bonds is 14. The fraction of sp³-hybridized carbons (Fsp3) is 0.576. The lowest BCUT2D eigenvalue weighted by Crippen LogP contribution is -2.36. The van der Waals surface area contributed by atoms with Gasteiger partial charge in [0, 0.05) is 58.5 Å². The zero-order valence-electron chi connectivity index (χ0n) is 26.6. The maximum absolute atomic E-state index is 12.7. The summed E-state index contributed by atoms with van der Waals surface area (Å²) in [5, 5.41) is 40.6. The molecule has 5 heterocycles. The van der Waals surface area contributed by atoms with E-state index in [4.69, 9.17) is 0 Å². The minimum absolute atomic E-state index is 0.0144. The molecule has 2 fully saturated rings. The minimum atomic E-state index is -1.05. The number of carboxylic acids is 2. The quantitative estimate of drug-likeness (QED) is 0.109. The van der Waals surface area contributed by atoms with Gasteiger partial charge in [0.05, 0.1) is 12.1 Å². The minimum Gasteiger partial charge on any atom is -0.481 e. The predicted molar refractivity (Wildman–Crippen MR) is 179 cm³/mol. The Labute approximate surface area is 278 Å². The van der Waals surface area contributed by atoms with Gasteiger partial charge in [-0.15, -0.1) is 0 Å². The first kappa shape index (κ1) is 34.2. The van der Waals surface area contributed by atoms with Gasteiger partial charge in [-0.25, -0.2) is 0 Å². The number of aliphatic hydroxyl groups excluding tert-OH is 1. The van der Waals surface area contributed by atoms with Crippen LogP contribution in [0.4, 0.5) is 0 Å². The molecule has 2 unspecified atom stereocenters. The smallest absolute Gasteiger partial charge is 0.303 e. The van der Waals surface area contributed by atoms with Crippen LogP contribution in [-0.2, 0) is 25.6 Å². The highest BCUT2D eigenvalue weighted by Crippen LogP contribution is 2.42. The number of thiol groups is 1. The van der Waals surface area contributed by atoms with E-state index in [0.29, 0.717) is 36.4 Å². The average molecular weight is 673 g/mol. The Morgan fingerprint density at radius 2 is 1.67 bits per heavy atom. The number of aromatic amines is 1. The highest BCUT2D eigenvalue weighted by atomic mass is 32.2. The van der Waals surface area contributed by atoms with Crippen LogP contribution >= 0.6 is 24.4 Å². The van der Waals surface area contributed by atoms with Gasteiger partial charge in [0.1, 0.15) is 6.10 Å². The molecule has 2 amide bonds. The maximum Gasteiger partial charge on any atom is 0.303 e. The van der Waals surface area contributed by atoms with Gasteiger partial charge >= 0.3 is 11.9 Å². The lowest BCUT2D eigenvalue weighted by Gasteiger charge is -2.25. The Kier molecular flexibility index (Phi) is 10.3. The molecule has 5 rings (SSSR count). The fourth-order valence-corrected chi connectivity index (χ4v) is 8.33. The second-order valence-electron chi connectivity index (χ2n) is 12.9. The summed E-state index contributed by atoms with van der Waals surface area (Å²) in [5.74, 6) is -0.871. The fourth-order valence-electron chi connectivity index (χ4n) is 7.31. The van der Waals surface area contributed by atoms with Crippen molar-refractivity contribution in [3.05, 3.63) is 50.5 Å². The molecule has 11 nitrogen and oxygen atoms in total. The molecule has 7 atom stereocenters. The largest absolute Gasteiger partial charge is 0.481 e. The summed E-state index contributed by atoms with van der Waals surface area (Å²) in [7, 11) is 0. The van der Waals surface area contributed by atoms with Crippen molar-refractivity contribution in [3.63, 3.8) is 0 Å². The SMILES string of the molecule is CC1=C(CCC(=O)O)/C(=C\c2[nH]c([C@H](O)C3NC(=O)[C@H](C)[C@H]3CCS)c(C)c2CCC(=O)O)NC1C[C@H]1NC(=O)C([C@H]2CS2)=C1C. The summed E-state index contributed by atoms with van der Waals surface area (Å²) in [6, 6.07) is -0.813. The van der Waals surface area contributed by atoms with Gasteiger partial charge in [0.2, 0.25) is 11.8 Å². The molecule has 7 N–H and O–H groups in total. The molecule has 0 radical (unpaired) electrons. The van der Waals surface area contributed by atoms with Crippen LogP contribution in [0, 0.1) is 18.8 Å². The van der Waals surface area contributed by atoms with E-state index in [9.17, 15) is 34.5 Å². The summed E-state index contributed by atoms with van der Waals surface area (Å²) in [6.07, 6.45) is 2.40. The van der Waals surface area contributed by atoms with Gasteiger partial charge in [-0.2, -0.15) is 24.4 Å². The number of amides is 2. The highest BCUT2D eigenvalue weighted by Gasteiger charge is 2.44. The van der Waals surface area contributed by atoms with E-state index in [1.807, 2.05) is 33.8 Å². The molecule has 4 aliphatic heterocycles. The van der Waals surface area contributed by atoms with E-state index >= 15 is 0 Å². The van der Waals surface area contributed by atoms with Crippen molar-refractivity contribution in [3.8, 4) is 0 Å². The molecule has 46 heavy (non-hydrogen) atoms. The third kappa shape index (κ3) is 6.91. The van der Waals surface area contributed by atoms with Gasteiger partial charge in [-0.05, 0) is 92.0 Å². The molecule has 1 aromatic rings. The topological polar surface area (TPSA) is 181 Å². The van der Waals surface area contributed by atoms with Gasteiger partial charge in [0.25, 0.3) is 0 Å². The van der Waals surface area contributed by atoms with Gasteiger partial charge in [-0.1, -0.05) is 6.92 Å². The first-order valence-corrected chi connectivity index (χ1v) is 17.6. The van der Waals surface area contributed by atoms with Gasteiger partial charge in [-0.3, -0.25) is 19.2 Å². The van der Waals surface area contributed by atoms with E-state index < -0.39 is 24.1 Å². The second kappa shape index (κ2) is 13.9. The van der Waals surface area contributed by atoms with Crippen molar-refractivity contribution in [2.45, 2.75) is 95.7 Å². The molecule has 13 heteroatoms. The van der Waals surface area contributed by atoms with Gasteiger partial charge < -0.3 is 36.3 Å². The summed E-state index contributed by atoms with van der Waals surface area (Å²) >= 11 is 6.13. The number of allylic oxidation sites excluding steroid dienone is 1. The molecule has 2 saturated heterocycles. The number of hydrogen-bond acceptors (Lipinski definition) is 8. The van der Waals surface area contributed by atoms with E-state index in [1.165, 1.54) is 0 Å². The van der Waals surface area contributed by atoms with Crippen molar-refractivity contribution in [1.82, 2.24) is 20.9 Å². The van der Waals surface area contributed by atoms with E-state index in [0.717, 1.165) is 44.9 Å². The molecule has 0 bridgehead atoms. The molecule has 1 aromatic heterocycles. The van der Waals surface area contributed by atoms with Crippen molar-refractivity contribution >= 4 is 54.2 Å². The van der Waals surface area contributed by atoms with Gasteiger partial charge in [0.15, 0.2) is 0 Å². The van der Waals surface area contributed by atoms with Crippen LogP contribution in [0.5, 0.6) is 0 Å². The zero-order valence-corrected chi connectivity index (χ0v) is 28.3. The third-order valence-corrected chi connectivity index (χ3v) is 11.3. The van der Waals surface area contributed by atoms with Crippen LogP contribution in [-0.4, -0.2) is 78.9 Å². The van der Waals surface area contributed by atoms with Crippen LogP contribution in [0.25, 0.3) is 6.08 Å². The number of carboxylic acid groups (broad SMARTS) is 2. The van der Waals surface area contributed by atoms with Crippen molar-refractivity contribution < 1.29 is 34.5 Å². The van der Waals surface area contributed by atoms with Crippen molar-refractivity contribution in [2.24, 2.45) is 11.8 Å². The molecular weight excluding hydrogens is 629 g/mol. The Morgan fingerprint density at radius 3 is 2.30 bits per heavy atom. The number of aliphatic hydroxyl groups is 1. The Bertz CT molecular complexity index is 1530. The van der Waals surface area contributed by atoms with E-state index in [-0.39, 0.29) is 60.2 Å². The van der Waals surface area contributed by atoms with Crippen LogP contribution in [0.15, 0.2) is 28.0 Å². The lowest BCUT2D eigenvalue weighted by atomic mass is 9.85. The Hall–Kier alpha value is -3.16. The molecule has 250 valence electrons. The lowest BCUT2D eigenvalue weighted by molar-refractivity contribution is -0.138. The number of thioether (sulfide) groups is 1. The maximum atomic E-state index is 12.7. The molecule has 0 spiro atoms. The first-order valence-electron chi connectivity index (χ1n) is 15.9. The average Bonchev–Trinajstić information content (AvgIpc) is 3.55. The van der Waals surface area contributed by atoms with Crippen LogP contribution in [0.2, 0.25) is 0 Å². The molecule has 0 aliphatic carbocycles. The van der Waals surface area contributed by atoms with Crippen molar-refractivity contribution in [2.75, 3.05) is 11.5 Å². The highest BCUT2D eigenvalue weighted by molar-refractivity contribution is 8.07. The summed E-state index contributed by atoms with van der Waals surface area (Å²) in [5.41, 5.74) is 7.10. The summed E-state index contributed by atoms with van der Waals surface area (Å²) < 4.78 is 0. The van der Waals surface area contributed by atoms with Crippen LogP contribution in [0.3, 0.4) is 0 Å². The number of nitrogens with one attached hydrogen (secondary N) is 4. The predicted octanol–water partition coefficient (Wildman–Crippen LogP) is 3.26. The summed E-state index contributed by atoms with van der Waals surface area (Å²) in [6.45, 7) is 7.67. The summed E-state index contributed by atoms with van der Waals surface area (Å²) in [4.78, 5) is 51.9. The zero-order chi connectivity index (χ0) is 33.4. The molecular formula is C33H44N4O7S2. The molecule has 0 saturated carbocycles. The molecule has 0 aromatic carbocycles. The number of carbonyl (C=O) groups is 4. The third-order valence-electron chi connectivity index (χ3n) is 10.1. The molecule has 4 aliphatic rings. The standard InChI is InChI=1S/C33H44N4O7S2/c1-14-18(5-7-26(38)39)23(34-21(14)11-22-17(4)28(25-13-46-25)33(44)36-22)12-24-19(6-8-27(40)41)15(2)29(35-24)31(42)30-20(9-10-45)16(3)32(43)37-30/h12,16,20-22,25,30-31,34-35,42,45H,5-11,13H2,1-4H3,(H,36,44)(H,37,43)(H,38,39)(H,40,41)/b23-12+/t16-,20-,21?,22-,25-,30?,31+/m1/s1. The monoisotopic (exact) mass is 672 g/mol. The Morgan fingerprint density at radius 1 is 1.02 bits per heavy atom. The normalized spacial score (nSPS) is 29.0. The number of H-pyrrole nitrogens is 1. The van der Waals surface area contributed by atoms with E-state index in [1.54, 1.807) is 11.8 Å². The number of hydrogen-bond donors (Lipinski definition) is 8. The Balaban J connectivity index is 1.49. The number of carbonyl (C=O) groups excluding carboxylic acids is 2. The number of aromatic nitrogens is 1.